The Morgan fingerprint density at radius 2 is 2.00 bits per heavy atom. The maximum atomic E-state index is 12.3. The van der Waals surface area contributed by atoms with E-state index < -0.39 is 11.0 Å². The van der Waals surface area contributed by atoms with Crippen LogP contribution in [0.15, 0.2) is 0 Å². The van der Waals surface area contributed by atoms with Crippen molar-refractivity contribution in [1.29, 1.82) is 0 Å². The minimum absolute atomic E-state index is 0.0957. The third-order valence-electron chi connectivity index (χ3n) is 3.69. The van der Waals surface area contributed by atoms with Gasteiger partial charge in [-0.3, -0.25) is 4.79 Å². The highest BCUT2D eigenvalue weighted by Crippen LogP contribution is 2.38. The van der Waals surface area contributed by atoms with Crippen molar-refractivity contribution >= 4 is 5.97 Å². The summed E-state index contributed by atoms with van der Waals surface area (Å²) in [5.74, 6) is 0.604. The van der Waals surface area contributed by atoms with Gasteiger partial charge in [-0.25, -0.2) is 0 Å². The third-order valence-corrected chi connectivity index (χ3v) is 3.69. The molecule has 2 unspecified atom stereocenters. The van der Waals surface area contributed by atoms with Crippen molar-refractivity contribution in [2.75, 3.05) is 6.54 Å². The molecule has 0 amide bonds. The van der Waals surface area contributed by atoms with Gasteiger partial charge < -0.3 is 10.5 Å². The van der Waals surface area contributed by atoms with Gasteiger partial charge in [-0.05, 0) is 46.0 Å². The molecule has 3 heteroatoms. The van der Waals surface area contributed by atoms with E-state index in [0.29, 0.717) is 12.5 Å². The first-order valence-corrected chi connectivity index (χ1v) is 6.73. The lowest BCUT2D eigenvalue weighted by atomic mass is 9.80. The van der Waals surface area contributed by atoms with Gasteiger partial charge in [-0.15, -0.1) is 0 Å². The van der Waals surface area contributed by atoms with E-state index in [-0.39, 0.29) is 5.97 Å². The first kappa shape index (κ1) is 14.5. The summed E-state index contributed by atoms with van der Waals surface area (Å²) in [6.45, 7) is 8.40. The summed E-state index contributed by atoms with van der Waals surface area (Å²) in [6.07, 6.45) is 5.11. The van der Waals surface area contributed by atoms with Crippen molar-refractivity contribution in [3.8, 4) is 0 Å². The van der Waals surface area contributed by atoms with Crippen LogP contribution in [0.25, 0.3) is 0 Å². The molecule has 0 aromatic heterocycles. The Morgan fingerprint density at radius 3 is 2.53 bits per heavy atom. The number of carbonyl (C=O) groups excluding carboxylic acids is 1. The normalized spacial score (nSPS) is 30.8. The monoisotopic (exact) mass is 241 g/mol. The van der Waals surface area contributed by atoms with Gasteiger partial charge in [0.25, 0.3) is 0 Å². The lowest BCUT2D eigenvalue weighted by Gasteiger charge is -2.32. The molecule has 3 nitrogen and oxygen atoms in total. The standard InChI is InChI=1S/C14H27NO2/c1-11-6-5-8-14(10-15,9-7-11)12(16)17-13(2,3)4/h11H,5-10,15H2,1-4H3. The Kier molecular flexibility index (Phi) is 4.59. The van der Waals surface area contributed by atoms with Crippen LogP contribution in [0.4, 0.5) is 0 Å². The Morgan fingerprint density at radius 1 is 1.35 bits per heavy atom. The highest BCUT2D eigenvalue weighted by molar-refractivity contribution is 5.77. The molecule has 0 heterocycles. The molecule has 17 heavy (non-hydrogen) atoms. The molecule has 1 saturated carbocycles. The Labute approximate surface area is 105 Å². The number of rotatable bonds is 2. The fourth-order valence-corrected chi connectivity index (χ4v) is 2.46. The van der Waals surface area contributed by atoms with Crippen molar-refractivity contribution in [3.63, 3.8) is 0 Å². The molecule has 1 aliphatic rings. The third kappa shape index (κ3) is 3.98. The Balaban J connectivity index is 2.76. The van der Waals surface area contributed by atoms with Crippen LogP contribution >= 0.6 is 0 Å². The van der Waals surface area contributed by atoms with Crippen molar-refractivity contribution in [3.05, 3.63) is 0 Å². The number of esters is 1. The lowest BCUT2D eigenvalue weighted by molar-refractivity contribution is -0.168. The van der Waals surface area contributed by atoms with Crippen molar-refractivity contribution < 1.29 is 9.53 Å². The van der Waals surface area contributed by atoms with Crippen LogP contribution < -0.4 is 5.73 Å². The number of hydrogen-bond acceptors (Lipinski definition) is 3. The molecule has 0 aromatic carbocycles. The van der Waals surface area contributed by atoms with Crippen LogP contribution in [0.3, 0.4) is 0 Å². The highest BCUT2D eigenvalue weighted by atomic mass is 16.6. The quantitative estimate of drug-likeness (QED) is 0.597. The second-order valence-corrected chi connectivity index (χ2v) is 6.52. The SMILES string of the molecule is CC1CCCC(CN)(C(=O)OC(C)(C)C)CC1. The minimum Gasteiger partial charge on any atom is -0.460 e. The van der Waals surface area contributed by atoms with Gasteiger partial charge in [0, 0.05) is 6.54 Å². The van der Waals surface area contributed by atoms with Crippen LogP contribution in [0.2, 0.25) is 0 Å². The van der Waals surface area contributed by atoms with E-state index in [1.807, 2.05) is 20.8 Å². The topological polar surface area (TPSA) is 52.3 Å². The van der Waals surface area contributed by atoms with E-state index in [0.717, 1.165) is 25.7 Å². The molecule has 0 aromatic rings. The van der Waals surface area contributed by atoms with Gasteiger partial charge >= 0.3 is 5.97 Å². The van der Waals surface area contributed by atoms with E-state index in [4.69, 9.17) is 10.5 Å². The van der Waals surface area contributed by atoms with Crippen LogP contribution in [-0.2, 0) is 9.53 Å². The number of carbonyl (C=O) groups is 1. The average molecular weight is 241 g/mol. The molecule has 1 aliphatic carbocycles. The molecular weight excluding hydrogens is 214 g/mol. The second-order valence-electron chi connectivity index (χ2n) is 6.52. The summed E-state index contributed by atoms with van der Waals surface area (Å²) in [5, 5.41) is 0. The number of ether oxygens (including phenoxy) is 1. The molecular formula is C14H27NO2. The van der Waals surface area contributed by atoms with Gasteiger partial charge in [0.05, 0.1) is 5.41 Å². The maximum Gasteiger partial charge on any atom is 0.313 e. The van der Waals surface area contributed by atoms with Gasteiger partial charge in [-0.1, -0.05) is 19.8 Å². The van der Waals surface area contributed by atoms with E-state index in [2.05, 4.69) is 6.92 Å². The highest BCUT2D eigenvalue weighted by Gasteiger charge is 2.41. The fraction of sp³-hybridized carbons (Fsp3) is 0.929. The molecule has 0 aliphatic heterocycles. The fourth-order valence-electron chi connectivity index (χ4n) is 2.46. The summed E-state index contributed by atoms with van der Waals surface area (Å²) >= 11 is 0. The summed E-state index contributed by atoms with van der Waals surface area (Å²) < 4.78 is 5.54. The van der Waals surface area contributed by atoms with Crippen LogP contribution in [0.5, 0.6) is 0 Å². The van der Waals surface area contributed by atoms with Crippen LogP contribution in [-0.4, -0.2) is 18.1 Å². The molecule has 2 N–H and O–H groups in total. The molecule has 0 saturated heterocycles. The van der Waals surface area contributed by atoms with Gasteiger partial charge in [-0.2, -0.15) is 0 Å². The molecule has 1 fully saturated rings. The molecule has 2 atom stereocenters. The summed E-state index contributed by atoms with van der Waals surface area (Å²) in [4.78, 5) is 12.3. The zero-order chi connectivity index (χ0) is 13.1. The number of hydrogen-bond donors (Lipinski definition) is 1. The molecule has 100 valence electrons. The van der Waals surface area contributed by atoms with Crippen molar-refractivity contribution in [2.45, 2.75) is 65.4 Å². The van der Waals surface area contributed by atoms with Crippen LogP contribution in [0, 0.1) is 11.3 Å². The first-order chi connectivity index (χ1) is 7.79. The lowest BCUT2D eigenvalue weighted by Crippen LogP contribution is -2.42. The van der Waals surface area contributed by atoms with Crippen molar-refractivity contribution in [2.24, 2.45) is 17.1 Å². The van der Waals surface area contributed by atoms with Gasteiger partial charge in [0.2, 0.25) is 0 Å². The smallest absolute Gasteiger partial charge is 0.313 e. The van der Waals surface area contributed by atoms with E-state index in [9.17, 15) is 4.79 Å². The molecule has 1 rings (SSSR count). The molecule has 0 bridgehead atoms. The zero-order valence-corrected chi connectivity index (χ0v) is 11.7. The maximum absolute atomic E-state index is 12.3. The Hall–Kier alpha value is -0.570. The van der Waals surface area contributed by atoms with Crippen molar-refractivity contribution in [1.82, 2.24) is 0 Å². The average Bonchev–Trinajstić information content (AvgIpc) is 2.38. The van der Waals surface area contributed by atoms with E-state index >= 15 is 0 Å². The van der Waals surface area contributed by atoms with Gasteiger partial charge in [0.15, 0.2) is 0 Å². The number of nitrogens with two attached hydrogens (primary N) is 1. The molecule has 0 radical (unpaired) electrons. The van der Waals surface area contributed by atoms with E-state index in [1.165, 1.54) is 6.42 Å². The van der Waals surface area contributed by atoms with Gasteiger partial charge in [0.1, 0.15) is 5.60 Å². The predicted octanol–water partition coefficient (Wildman–Crippen LogP) is 2.87. The zero-order valence-electron chi connectivity index (χ0n) is 11.7. The summed E-state index contributed by atoms with van der Waals surface area (Å²) in [7, 11) is 0. The molecule has 0 spiro atoms. The Bertz CT molecular complexity index is 270. The summed E-state index contributed by atoms with van der Waals surface area (Å²) in [6, 6.07) is 0. The minimum atomic E-state index is -0.432. The second kappa shape index (κ2) is 5.38. The van der Waals surface area contributed by atoms with E-state index in [1.54, 1.807) is 0 Å². The first-order valence-electron chi connectivity index (χ1n) is 6.73. The largest absolute Gasteiger partial charge is 0.460 e. The van der Waals surface area contributed by atoms with Crippen LogP contribution in [0.1, 0.15) is 59.8 Å². The predicted molar refractivity (Wildman–Crippen MR) is 69.6 cm³/mol. The summed E-state index contributed by atoms with van der Waals surface area (Å²) in [5.41, 5.74) is 5.02.